The van der Waals surface area contributed by atoms with Gasteiger partial charge < -0.3 is 15.4 Å². The van der Waals surface area contributed by atoms with Crippen molar-refractivity contribution in [3.05, 3.63) is 33.8 Å². The predicted octanol–water partition coefficient (Wildman–Crippen LogP) is 5.19. The number of nitrogens with zero attached hydrogens (tertiary/aromatic N) is 1. The minimum Gasteiger partial charge on any atom is -0.446 e. The van der Waals surface area contributed by atoms with Crippen LogP contribution in [0.2, 0.25) is 0 Å². The van der Waals surface area contributed by atoms with Crippen LogP contribution in [0.3, 0.4) is 0 Å². The number of fused-ring (bicyclic) bond motifs is 2. The third-order valence-corrected chi connectivity index (χ3v) is 9.95. The van der Waals surface area contributed by atoms with E-state index in [1.54, 1.807) is 0 Å². The number of halogens is 1. The first-order valence-electron chi connectivity index (χ1n) is 12.0. The van der Waals surface area contributed by atoms with Gasteiger partial charge in [-0.3, -0.25) is 0 Å². The van der Waals surface area contributed by atoms with Gasteiger partial charge in [0.2, 0.25) is 0 Å². The van der Waals surface area contributed by atoms with Crippen LogP contribution < -0.4 is 5.73 Å². The largest absolute Gasteiger partial charge is 0.446 e. The van der Waals surface area contributed by atoms with E-state index >= 15 is 0 Å². The number of likely N-dealkylation sites (tertiary alicyclic amines) is 1. The molecular formula is C25H33BrN2O2. The van der Waals surface area contributed by atoms with Gasteiger partial charge in [-0.15, -0.1) is 0 Å². The molecule has 1 aromatic carbocycles. The number of ether oxygens (including phenoxy) is 1. The SMILES string of the molecule is NCC1CC2(CCN(C(=O)OC3C4CC5CC(C4)CC3C5)CC2)c2c(Br)cccc21. The molecule has 1 amide bonds. The third kappa shape index (κ3) is 2.98. The quantitative estimate of drug-likeness (QED) is 0.643. The lowest BCUT2D eigenvalue weighted by atomic mass is 9.55. The number of carbonyl (C=O) groups is 1. The summed E-state index contributed by atoms with van der Waals surface area (Å²) in [6.45, 7) is 2.29. The van der Waals surface area contributed by atoms with Crippen molar-refractivity contribution in [3.63, 3.8) is 0 Å². The lowest BCUT2D eigenvalue weighted by Gasteiger charge is -2.53. The minimum absolute atomic E-state index is 0.0527. The van der Waals surface area contributed by atoms with E-state index < -0.39 is 0 Å². The van der Waals surface area contributed by atoms with Crippen LogP contribution in [-0.4, -0.2) is 36.7 Å². The summed E-state index contributed by atoms with van der Waals surface area (Å²) >= 11 is 3.81. The number of piperidine rings is 1. The summed E-state index contributed by atoms with van der Waals surface area (Å²) in [7, 11) is 0. The first-order valence-corrected chi connectivity index (χ1v) is 12.8. The molecule has 5 heteroatoms. The van der Waals surface area contributed by atoms with Gasteiger partial charge in [0.25, 0.3) is 0 Å². The lowest BCUT2D eigenvalue weighted by Crippen LogP contribution is -2.52. The van der Waals surface area contributed by atoms with Gasteiger partial charge in [-0.1, -0.05) is 28.1 Å². The van der Waals surface area contributed by atoms with Gasteiger partial charge in [-0.2, -0.15) is 0 Å². The summed E-state index contributed by atoms with van der Waals surface area (Å²) in [5, 5.41) is 0. The Hall–Kier alpha value is -1.07. The number of carbonyl (C=O) groups excluding carboxylic acids is 1. The summed E-state index contributed by atoms with van der Waals surface area (Å²) in [4.78, 5) is 15.1. The Morgan fingerprint density at radius 2 is 1.77 bits per heavy atom. The molecule has 162 valence electrons. The van der Waals surface area contributed by atoms with Crippen LogP contribution in [0, 0.1) is 23.7 Å². The average Bonchev–Trinajstić information content (AvgIpc) is 3.05. The van der Waals surface area contributed by atoms with E-state index in [1.165, 1.54) is 47.7 Å². The second kappa shape index (κ2) is 7.23. The molecule has 5 fully saturated rings. The van der Waals surface area contributed by atoms with E-state index in [9.17, 15) is 4.79 Å². The highest BCUT2D eigenvalue weighted by molar-refractivity contribution is 9.10. The number of rotatable bonds is 2. The lowest BCUT2D eigenvalue weighted by molar-refractivity contribution is -0.103. The van der Waals surface area contributed by atoms with Gasteiger partial charge in [0, 0.05) is 23.0 Å². The van der Waals surface area contributed by atoms with Crippen molar-refractivity contribution >= 4 is 22.0 Å². The molecule has 1 atom stereocenters. The standard InChI is InChI=1S/C25H33BrN2O2/c26-21-3-1-2-20-19(14-27)13-25(22(20)21)4-6-28(7-5-25)24(29)30-23-17-9-15-8-16(11-17)12-18(23)10-15/h1-3,15-19,23H,4-14,27H2. The van der Waals surface area contributed by atoms with E-state index in [-0.39, 0.29) is 17.6 Å². The Bertz CT molecular complexity index is 820. The Morgan fingerprint density at radius 1 is 1.10 bits per heavy atom. The van der Waals surface area contributed by atoms with Gasteiger partial charge in [-0.05, 0) is 105 Å². The number of nitrogens with two attached hydrogens (primary N) is 1. The van der Waals surface area contributed by atoms with Crippen LogP contribution in [0.4, 0.5) is 4.79 Å². The molecule has 6 aliphatic rings. The van der Waals surface area contributed by atoms with Crippen molar-refractivity contribution in [3.8, 4) is 0 Å². The molecule has 1 heterocycles. The molecule has 1 saturated heterocycles. The van der Waals surface area contributed by atoms with Crippen molar-refractivity contribution in [2.24, 2.45) is 29.4 Å². The van der Waals surface area contributed by atoms with Crippen molar-refractivity contribution < 1.29 is 9.53 Å². The maximum absolute atomic E-state index is 13.1. The second-order valence-electron chi connectivity index (χ2n) is 10.9. The summed E-state index contributed by atoms with van der Waals surface area (Å²) in [5.41, 5.74) is 9.14. The van der Waals surface area contributed by atoms with Gasteiger partial charge in [0.15, 0.2) is 0 Å². The smallest absolute Gasteiger partial charge is 0.410 e. The van der Waals surface area contributed by atoms with Crippen LogP contribution in [0.25, 0.3) is 0 Å². The highest BCUT2D eigenvalue weighted by atomic mass is 79.9. The molecule has 5 aliphatic carbocycles. The van der Waals surface area contributed by atoms with E-state index in [1.807, 2.05) is 4.90 Å². The Kier molecular flexibility index (Phi) is 4.72. The van der Waals surface area contributed by atoms with E-state index in [0.29, 0.717) is 24.3 Å². The molecule has 4 bridgehead atoms. The maximum atomic E-state index is 13.1. The van der Waals surface area contributed by atoms with Gasteiger partial charge in [0.1, 0.15) is 6.10 Å². The fourth-order valence-electron chi connectivity index (χ4n) is 8.16. The second-order valence-corrected chi connectivity index (χ2v) is 11.7. The van der Waals surface area contributed by atoms with Crippen LogP contribution in [-0.2, 0) is 10.2 Å². The summed E-state index contributed by atoms with van der Waals surface area (Å²) in [6.07, 6.45) is 9.86. The monoisotopic (exact) mass is 472 g/mol. The number of hydrogen-bond acceptors (Lipinski definition) is 3. The molecule has 0 radical (unpaired) electrons. The zero-order valence-electron chi connectivity index (χ0n) is 17.7. The fraction of sp³-hybridized carbons (Fsp3) is 0.720. The molecule has 4 nitrogen and oxygen atoms in total. The van der Waals surface area contributed by atoms with Crippen molar-refractivity contribution in [2.45, 2.75) is 68.8 Å². The van der Waals surface area contributed by atoms with Gasteiger partial charge in [0.05, 0.1) is 0 Å². The van der Waals surface area contributed by atoms with Crippen LogP contribution in [0.5, 0.6) is 0 Å². The molecule has 1 aromatic rings. The molecule has 30 heavy (non-hydrogen) atoms. The summed E-state index contributed by atoms with van der Waals surface area (Å²) in [5.74, 6) is 3.51. The zero-order chi connectivity index (χ0) is 20.5. The molecular weight excluding hydrogens is 440 g/mol. The van der Waals surface area contributed by atoms with E-state index in [4.69, 9.17) is 10.5 Å². The Morgan fingerprint density at radius 3 is 2.40 bits per heavy atom. The Balaban J connectivity index is 1.14. The topological polar surface area (TPSA) is 55.6 Å². The normalized spacial score (nSPS) is 38.1. The summed E-state index contributed by atoms with van der Waals surface area (Å²) < 4.78 is 7.42. The van der Waals surface area contributed by atoms with Crippen LogP contribution >= 0.6 is 15.9 Å². The molecule has 1 unspecified atom stereocenters. The molecule has 7 rings (SSSR count). The van der Waals surface area contributed by atoms with Crippen molar-refractivity contribution in [1.82, 2.24) is 4.90 Å². The van der Waals surface area contributed by atoms with Crippen LogP contribution in [0.15, 0.2) is 22.7 Å². The molecule has 1 aliphatic heterocycles. The van der Waals surface area contributed by atoms with Gasteiger partial charge in [-0.25, -0.2) is 4.79 Å². The molecule has 1 spiro atoms. The van der Waals surface area contributed by atoms with Crippen molar-refractivity contribution in [1.29, 1.82) is 0 Å². The van der Waals surface area contributed by atoms with E-state index in [2.05, 4.69) is 34.1 Å². The molecule has 2 N–H and O–H groups in total. The van der Waals surface area contributed by atoms with Crippen LogP contribution in [0.1, 0.15) is 68.4 Å². The fourth-order valence-corrected chi connectivity index (χ4v) is 8.97. The molecule has 0 aromatic heterocycles. The maximum Gasteiger partial charge on any atom is 0.410 e. The minimum atomic E-state index is -0.0527. The van der Waals surface area contributed by atoms with Gasteiger partial charge >= 0.3 is 6.09 Å². The Labute approximate surface area is 188 Å². The first kappa shape index (κ1) is 19.6. The highest BCUT2D eigenvalue weighted by Crippen LogP contribution is 2.56. The highest BCUT2D eigenvalue weighted by Gasteiger charge is 2.51. The molecule has 4 saturated carbocycles. The third-order valence-electron chi connectivity index (χ3n) is 9.29. The summed E-state index contributed by atoms with van der Waals surface area (Å²) in [6, 6.07) is 6.54. The average molecular weight is 473 g/mol. The first-order chi connectivity index (χ1) is 14.6. The number of amides is 1. The number of hydrogen-bond donors (Lipinski definition) is 1. The van der Waals surface area contributed by atoms with Crippen molar-refractivity contribution in [2.75, 3.05) is 19.6 Å². The van der Waals surface area contributed by atoms with E-state index in [0.717, 1.165) is 44.2 Å². The number of benzene rings is 1. The zero-order valence-corrected chi connectivity index (χ0v) is 19.3. The predicted molar refractivity (Wildman–Crippen MR) is 120 cm³/mol.